The van der Waals surface area contributed by atoms with Gasteiger partial charge in [-0.3, -0.25) is 9.79 Å². The Morgan fingerprint density at radius 2 is 1.61 bits per heavy atom. The molecule has 1 heterocycles. The Hall–Kier alpha value is -2.15. The highest BCUT2D eigenvalue weighted by Crippen LogP contribution is 2.41. The molecule has 1 aromatic carbocycles. The van der Waals surface area contributed by atoms with Gasteiger partial charge in [0, 0.05) is 30.1 Å². The molecule has 2 fully saturated rings. The minimum absolute atomic E-state index is 0.117. The van der Waals surface area contributed by atoms with Crippen LogP contribution in [-0.4, -0.2) is 40.4 Å². The van der Waals surface area contributed by atoms with Gasteiger partial charge in [-0.25, -0.2) is 0 Å². The molecule has 1 aromatic rings. The second kappa shape index (κ2) is 8.41. The molecular formula is C24H29F3N2O2. The van der Waals surface area contributed by atoms with Crippen molar-refractivity contribution in [2.45, 2.75) is 75.7 Å². The lowest BCUT2D eigenvalue weighted by atomic mass is 9.76. The van der Waals surface area contributed by atoms with Crippen LogP contribution in [0, 0.1) is 11.8 Å². The smallest absolute Gasteiger partial charge is 0.376 e. The Morgan fingerprint density at radius 3 is 2.10 bits per heavy atom. The maximum atomic E-state index is 13.3. The van der Waals surface area contributed by atoms with Crippen molar-refractivity contribution in [1.82, 2.24) is 4.90 Å². The van der Waals surface area contributed by atoms with Gasteiger partial charge in [0.05, 0.1) is 0 Å². The molecule has 4 nitrogen and oxygen atoms in total. The quantitative estimate of drug-likeness (QED) is 0.690. The molecule has 0 spiro atoms. The number of allylic oxidation sites excluding steroid dienone is 1. The van der Waals surface area contributed by atoms with Crippen LogP contribution in [0.1, 0.15) is 67.8 Å². The molecule has 7 heteroatoms. The molecule has 0 aromatic heterocycles. The molecule has 2 saturated carbocycles. The Bertz CT molecular complexity index is 849. The Labute approximate surface area is 180 Å². The molecule has 168 valence electrons. The Kier molecular flexibility index (Phi) is 5.99. The van der Waals surface area contributed by atoms with Crippen molar-refractivity contribution in [3.63, 3.8) is 0 Å². The summed E-state index contributed by atoms with van der Waals surface area (Å²) in [6.45, 7) is 0.728. The lowest BCUT2D eigenvalue weighted by Crippen LogP contribution is -2.44. The van der Waals surface area contributed by atoms with Crippen molar-refractivity contribution in [3.8, 4) is 0 Å². The van der Waals surface area contributed by atoms with Crippen LogP contribution < -0.4 is 0 Å². The number of halogens is 3. The van der Waals surface area contributed by atoms with Gasteiger partial charge in [0.25, 0.3) is 5.91 Å². The summed E-state index contributed by atoms with van der Waals surface area (Å²) in [5.41, 5.74) is -2.83. The van der Waals surface area contributed by atoms with E-state index < -0.39 is 11.8 Å². The maximum Gasteiger partial charge on any atom is 0.421 e. The number of hydrogen-bond donors (Lipinski definition) is 1. The van der Waals surface area contributed by atoms with E-state index in [1.807, 2.05) is 17.3 Å². The maximum absolute atomic E-state index is 13.3. The van der Waals surface area contributed by atoms with Crippen LogP contribution in [-0.2, 0) is 5.60 Å². The molecule has 4 rings (SSSR count). The lowest BCUT2D eigenvalue weighted by Gasteiger charge is -2.39. The van der Waals surface area contributed by atoms with Crippen LogP contribution in [0.2, 0.25) is 0 Å². The van der Waals surface area contributed by atoms with E-state index in [1.165, 1.54) is 24.3 Å². The number of aliphatic hydroxyl groups is 1. The Balaban J connectivity index is 1.44. The predicted octanol–water partition coefficient (Wildman–Crippen LogP) is 5.22. The first kappa shape index (κ1) is 22.1. The van der Waals surface area contributed by atoms with Crippen LogP contribution in [0.25, 0.3) is 0 Å². The highest BCUT2D eigenvalue weighted by Gasteiger charge is 2.51. The number of benzene rings is 1. The zero-order chi connectivity index (χ0) is 22.2. The monoisotopic (exact) mass is 434 g/mol. The molecule has 2 atom stereocenters. The van der Waals surface area contributed by atoms with Gasteiger partial charge in [0.1, 0.15) is 0 Å². The fourth-order valence-electron chi connectivity index (χ4n) is 4.87. The van der Waals surface area contributed by atoms with Gasteiger partial charge in [-0.2, -0.15) is 13.2 Å². The topological polar surface area (TPSA) is 52.9 Å². The Morgan fingerprint density at radius 1 is 1.03 bits per heavy atom. The molecule has 0 bridgehead atoms. The highest BCUT2D eigenvalue weighted by molar-refractivity contribution is 5.95. The third-order valence-corrected chi connectivity index (χ3v) is 7.06. The summed E-state index contributed by atoms with van der Waals surface area (Å²) in [5.74, 6) is 1.02. The molecule has 31 heavy (non-hydrogen) atoms. The van der Waals surface area contributed by atoms with Crippen LogP contribution in [0.5, 0.6) is 0 Å². The van der Waals surface area contributed by atoms with Crippen molar-refractivity contribution in [3.05, 3.63) is 47.7 Å². The second-order valence-corrected chi connectivity index (χ2v) is 9.23. The van der Waals surface area contributed by atoms with Crippen LogP contribution in [0.15, 0.2) is 41.5 Å². The summed E-state index contributed by atoms with van der Waals surface area (Å²) in [4.78, 5) is 19.4. The summed E-state index contributed by atoms with van der Waals surface area (Å²) >= 11 is 0. The standard InChI is InChI=1S/C24H29F3N2O2/c1-23(31,24(25,26)27)19-6-2-18(3-7-19)22(30)29(21-10-11-21)20-8-4-16(5-9-20)17-12-14-28-15-13-17/h2-3,6-7,12,14-17,20-21,31H,4-5,8-11,13H2,1H3/t16?,17?,20?,23-/m0/s1. The highest BCUT2D eigenvalue weighted by atomic mass is 19.4. The zero-order valence-corrected chi connectivity index (χ0v) is 17.7. The molecule has 0 saturated heterocycles. The first-order valence-corrected chi connectivity index (χ1v) is 11.1. The summed E-state index contributed by atoms with van der Waals surface area (Å²) in [6.07, 6.45) is 8.23. The number of rotatable bonds is 5. The fraction of sp³-hybridized carbons (Fsp3) is 0.583. The van der Waals surface area contributed by atoms with Crippen molar-refractivity contribution in [1.29, 1.82) is 0 Å². The normalized spacial score (nSPS) is 28.2. The summed E-state index contributed by atoms with van der Waals surface area (Å²) in [7, 11) is 0. The molecule has 3 aliphatic rings. The second-order valence-electron chi connectivity index (χ2n) is 9.23. The van der Waals surface area contributed by atoms with Gasteiger partial charge in [-0.15, -0.1) is 0 Å². The lowest BCUT2D eigenvalue weighted by molar-refractivity contribution is -0.258. The summed E-state index contributed by atoms with van der Waals surface area (Å²) < 4.78 is 39.3. The number of nitrogens with zero attached hydrogens (tertiary/aromatic N) is 2. The van der Waals surface area contributed by atoms with Gasteiger partial charge >= 0.3 is 6.18 Å². The average Bonchev–Trinajstić information content (AvgIpc) is 3.59. The van der Waals surface area contributed by atoms with Gasteiger partial charge < -0.3 is 10.0 Å². The molecule has 1 aliphatic heterocycles. The summed E-state index contributed by atoms with van der Waals surface area (Å²) in [6, 6.07) is 5.64. The van der Waals surface area contributed by atoms with Gasteiger partial charge in [-0.05, 0) is 81.4 Å². The number of alkyl halides is 3. The average molecular weight is 435 g/mol. The fourth-order valence-corrected chi connectivity index (χ4v) is 4.87. The number of aliphatic imine (C=N–C) groups is 1. The first-order valence-electron chi connectivity index (χ1n) is 11.1. The summed E-state index contributed by atoms with van der Waals surface area (Å²) in [5, 5.41) is 9.86. The molecule has 1 N–H and O–H groups in total. The van der Waals surface area contributed by atoms with E-state index in [-0.39, 0.29) is 23.6 Å². The van der Waals surface area contributed by atoms with Crippen molar-refractivity contribution in [2.75, 3.05) is 0 Å². The molecule has 1 amide bonds. The van der Waals surface area contributed by atoms with Crippen molar-refractivity contribution >= 4 is 12.1 Å². The van der Waals surface area contributed by atoms with Crippen LogP contribution in [0.4, 0.5) is 13.2 Å². The van der Waals surface area contributed by atoms with Crippen molar-refractivity contribution in [2.24, 2.45) is 16.8 Å². The third-order valence-electron chi connectivity index (χ3n) is 7.06. The van der Waals surface area contributed by atoms with E-state index in [0.29, 0.717) is 17.4 Å². The minimum Gasteiger partial charge on any atom is -0.376 e. The number of carbonyl (C=O) groups is 1. The van der Waals surface area contributed by atoms with E-state index in [4.69, 9.17) is 0 Å². The molecule has 0 radical (unpaired) electrons. The van der Waals surface area contributed by atoms with E-state index in [1.54, 1.807) is 0 Å². The van der Waals surface area contributed by atoms with Gasteiger partial charge in [0.15, 0.2) is 5.60 Å². The SMILES string of the molecule is C[C@](O)(c1ccc(C(=O)N(C2CCC(C3C=CN=CC3)CC2)C2CC2)cc1)C(F)(F)F. The van der Waals surface area contributed by atoms with E-state index in [9.17, 15) is 23.1 Å². The predicted molar refractivity (Wildman–Crippen MR) is 113 cm³/mol. The van der Waals surface area contributed by atoms with Crippen LogP contribution in [0.3, 0.4) is 0 Å². The van der Waals surface area contributed by atoms with E-state index >= 15 is 0 Å². The largest absolute Gasteiger partial charge is 0.421 e. The van der Waals surface area contributed by atoms with E-state index in [0.717, 1.165) is 51.9 Å². The number of hydrogen-bond acceptors (Lipinski definition) is 3. The number of amides is 1. The minimum atomic E-state index is -4.78. The van der Waals surface area contributed by atoms with Gasteiger partial charge in [-0.1, -0.05) is 18.2 Å². The third kappa shape index (κ3) is 4.56. The van der Waals surface area contributed by atoms with Gasteiger partial charge in [0.2, 0.25) is 0 Å². The molecular weight excluding hydrogens is 405 g/mol. The number of carbonyl (C=O) groups excluding carboxylic acids is 1. The zero-order valence-electron chi connectivity index (χ0n) is 17.7. The first-order chi connectivity index (χ1) is 14.7. The van der Waals surface area contributed by atoms with E-state index in [2.05, 4.69) is 11.1 Å². The van der Waals surface area contributed by atoms with Crippen LogP contribution >= 0.6 is 0 Å². The molecule has 1 unspecified atom stereocenters. The molecule has 2 aliphatic carbocycles. The van der Waals surface area contributed by atoms with Crippen molar-refractivity contribution < 1.29 is 23.1 Å².